The van der Waals surface area contributed by atoms with E-state index in [1.807, 2.05) is 12.1 Å². The molecule has 1 amide bonds. The maximum atomic E-state index is 12.3. The molecule has 1 aliphatic heterocycles. The number of carboxylic acid groups (broad SMARTS) is 1. The van der Waals surface area contributed by atoms with Crippen LogP contribution in [-0.4, -0.2) is 41.5 Å². The van der Waals surface area contributed by atoms with Crippen molar-refractivity contribution in [3.05, 3.63) is 35.4 Å². The molecule has 0 aliphatic carbocycles. The van der Waals surface area contributed by atoms with Gasteiger partial charge in [0, 0.05) is 18.7 Å². The van der Waals surface area contributed by atoms with Gasteiger partial charge in [0.1, 0.15) is 0 Å². The zero-order valence-electron chi connectivity index (χ0n) is 11.4. The summed E-state index contributed by atoms with van der Waals surface area (Å²) in [7, 11) is 0. The van der Waals surface area contributed by atoms with Gasteiger partial charge in [-0.25, -0.2) is 0 Å². The van der Waals surface area contributed by atoms with Crippen molar-refractivity contribution >= 4 is 11.9 Å². The van der Waals surface area contributed by atoms with Crippen LogP contribution in [0.5, 0.6) is 0 Å². The lowest BCUT2D eigenvalue weighted by Crippen LogP contribution is -2.42. The molecule has 108 valence electrons. The van der Waals surface area contributed by atoms with Crippen LogP contribution in [0, 0.1) is 5.92 Å². The lowest BCUT2D eigenvalue weighted by atomic mass is 9.97. The van der Waals surface area contributed by atoms with E-state index in [0.717, 1.165) is 18.4 Å². The molecule has 0 bridgehead atoms. The van der Waals surface area contributed by atoms with Gasteiger partial charge in [0.05, 0.1) is 5.92 Å². The minimum absolute atomic E-state index is 0.0877. The number of carbonyl (C=O) groups excluding carboxylic acids is 1. The fourth-order valence-corrected chi connectivity index (χ4v) is 2.53. The van der Waals surface area contributed by atoms with Gasteiger partial charge in [-0.3, -0.25) is 9.59 Å². The van der Waals surface area contributed by atoms with Gasteiger partial charge in [-0.05, 0) is 43.5 Å². The standard InChI is InChI=1S/C15H20N2O3/c16-8-7-11-3-5-12(6-4-11)14(18)17-9-1-2-13(10-17)15(19)20/h3-6,13H,1-2,7-10,16H2,(H,19,20). The van der Waals surface area contributed by atoms with E-state index < -0.39 is 11.9 Å². The van der Waals surface area contributed by atoms with Gasteiger partial charge < -0.3 is 15.7 Å². The van der Waals surface area contributed by atoms with E-state index in [-0.39, 0.29) is 5.91 Å². The van der Waals surface area contributed by atoms with E-state index in [1.165, 1.54) is 0 Å². The predicted molar refractivity (Wildman–Crippen MR) is 75.5 cm³/mol. The Morgan fingerprint density at radius 3 is 2.60 bits per heavy atom. The van der Waals surface area contributed by atoms with Gasteiger partial charge in [0.15, 0.2) is 0 Å². The Morgan fingerprint density at radius 1 is 1.30 bits per heavy atom. The fraction of sp³-hybridized carbons (Fsp3) is 0.467. The van der Waals surface area contributed by atoms with Crippen LogP contribution in [-0.2, 0) is 11.2 Å². The molecule has 1 atom stereocenters. The fourth-order valence-electron chi connectivity index (χ4n) is 2.53. The lowest BCUT2D eigenvalue weighted by Gasteiger charge is -2.30. The van der Waals surface area contributed by atoms with E-state index in [4.69, 9.17) is 10.8 Å². The van der Waals surface area contributed by atoms with Gasteiger partial charge in [-0.1, -0.05) is 12.1 Å². The molecule has 1 fully saturated rings. The van der Waals surface area contributed by atoms with Gasteiger partial charge in [0.2, 0.25) is 0 Å². The van der Waals surface area contributed by atoms with Crippen molar-refractivity contribution in [3.63, 3.8) is 0 Å². The maximum Gasteiger partial charge on any atom is 0.308 e. The van der Waals surface area contributed by atoms with Crippen molar-refractivity contribution in [2.45, 2.75) is 19.3 Å². The molecular weight excluding hydrogens is 256 g/mol. The molecule has 0 saturated carbocycles. The van der Waals surface area contributed by atoms with Gasteiger partial charge >= 0.3 is 5.97 Å². The van der Waals surface area contributed by atoms with Crippen LogP contribution >= 0.6 is 0 Å². The summed E-state index contributed by atoms with van der Waals surface area (Å²) in [6.45, 7) is 1.52. The second-order valence-corrected chi connectivity index (χ2v) is 5.16. The van der Waals surface area contributed by atoms with Crippen LogP contribution in [0.25, 0.3) is 0 Å². The Kier molecular flexibility index (Phi) is 4.74. The average molecular weight is 276 g/mol. The number of benzene rings is 1. The third-order valence-electron chi connectivity index (χ3n) is 3.69. The molecule has 1 heterocycles. The Bertz CT molecular complexity index is 484. The Hall–Kier alpha value is -1.88. The first-order valence-corrected chi connectivity index (χ1v) is 6.93. The van der Waals surface area contributed by atoms with Crippen molar-refractivity contribution in [3.8, 4) is 0 Å². The highest BCUT2D eigenvalue weighted by molar-refractivity contribution is 5.94. The Balaban J connectivity index is 2.04. The van der Waals surface area contributed by atoms with Crippen molar-refractivity contribution in [2.75, 3.05) is 19.6 Å². The van der Waals surface area contributed by atoms with Crippen LogP contribution in [0.4, 0.5) is 0 Å². The second-order valence-electron chi connectivity index (χ2n) is 5.16. The molecule has 5 nitrogen and oxygen atoms in total. The molecule has 5 heteroatoms. The van der Waals surface area contributed by atoms with Crippen molar-refractivity contribution in [1.29, 1.82) is 0 Å². The Morgan fingerprint density at radius 2 is 2.00 bits per heavy atom. The van der Waals surface area contributed by atoms with Crippen molar-refractivity contribution in [1.82, 2.24) is 4.90 Å². The minimum Gasteiger partial charge on any atom is -0.481 e. The topological polar surface area (TPSA) is 83.6 Å². The number of rotatable bonds is 4. The van der Waals surface area contributed by atoms with Crippen LogP contribution in [0.3, 0.4) is 0 Å². The number of nitrogens with zero attached hydrogens (tertiary/aromatic N) is 1. The first-order chi connectivity index (χ1) is 9.61. The highest BCUT2D eigenvalue weighted by Crippen LogP contribution is 2.19. The highest BCUT2D eigenvalue weighted by atomic mass is 16.4. The largest absolute Gasteiger partial charge is 0.481 e. The number of hydrogen-bond acceptors (Lipinski definition) is 3. The summed E-state index contributed by atoms with van der Waals surface area (Å²) >= 11 is 0. The summed E-state index contributed by atoms with van der Waals surface area (Å²) in [5.74, 6) is -1.35. The molecule has 1 aromatic rings. The molecule has 20 heavy (non-hydrogen) atoms. The number of amides is 1. The minimum atomic E-state index is -0.819. The normalized spacial score (nSPS) is 18.9. The van der Waals surface area contributed by atoms with E-state index in [9.17, 15) is 9.59 Å². The SMILES string of the molecule is NCCc1ccc(C(=O)N2CCCC(C(=O)O)C2)cc1. The van der Waals surface area contributed by atoms with E-state index in [1.54, 1.807) is 17.0 Å². The molecule has 1 aliphatic rings. The van der Waals surface area contributed by atoms with Crippen LogP contribution < -0.4 is 5.73 Å². The monoisotopic (exact) mass is 276 g/mol. The highest BCUT2D eigenvalue weighted by Gasteiger charge is 2.28. The van der Waals surface area contributed by atoms with E-state index >= 15 is 0 Å². The van der Waals surface area contributed by atoms with Crippen molar-refractivity contribution in [2.24, 2.45) is 11.7 Å². The van der Waals surface area contributed by atoms with Gasteiger partial charge in [0.25, 0.3) is 5.91 Å². The quantitative estimate of drug-likeness (QED) is 0.863. The third-order valence-corrected chi connectivity index (χ3v) is 3.69. The molecule has 2 rings (SSSR count). The Labute approximate surface area is 118 Å². The number of piperidine rings is 1. The predicted octanol–water partition coefficient (Wildman–Crippen LogP) is 1.12. The summed E-state index contributed by atoms with van der Waals surface area (Å²) in [5, 5.41) is 9.05. The third kappa shape index (κ3) is 3.36. The number of nitrogens with two attached hydrogens (primary N) is 1. The number of carbonyl (C=O) groups is 2. The van der Waals surface area contributed by atoms with Crippen LogP contribution in [0.2, 0.25) is 0 Å². The molecule has 0 aromatic heterocycles. The smallest absolute Gasteiger partial charge is 0.308 e. The first-order valence-electron chi connectivity index (χ1n) is 6.93. The maximum absolute atomic E-state index is 12.3. The van der Waals surface area contributed by atoms with Crippen LogP contribution in [0.1, 0.15) is 28.8 Å². The van der Waals surface area contributed by atoms with E-state index in [2.05, 4.69) is 0 Å². The van der Waals surface area contributed by atoms with Crippen LogP contribution in [0.15, 0.2) is 24.3 Å². The molecule has 3 N–H and O–H groups in total. The summed E-state index contributed by atoms with van der Waals surface area (Å²) in [5.41, 5.74) is 7.20. The number of likely N-dealkylation sites (tertiary alicyclic amines) is 1. The molecular formula is C15H20N2O3. The number of carboxylic acids is 1. The average Bonchev–Trinajstić information content (AvgIpc) is 2.48. The number of aliphatic carboxylic acids is 1. The molecule has 1 aromatic carbocycles. The molecule has 1 saturated heterocycles. The zero-order chi connectivity index (χ0) is 14.5. The molecule has 0 spiro atoms. The summed E-state index contributed by atoms with van der Waals surface area (Å²) in [4.78, 5) is 25.0. The van der Waals surface area contributed by atoms with Gasteiger partial charge in [-0.15, -0.1) is 0 Å². The van der Waals surface area contributed by atoms with Crippen molar-refractivity contribution < 1.29 is 14.7 Å². The second kappa shape index (κ2) is 6.52. The summed E-state index contributed by atoms with van der Waals surface area (Å²) < 4.78 is 0. The molecule has 0 radical (unpaired) electrons. The number of hydrogen-bond donors (Lipinski definition) is 2. The van der Waals surface area contributed by atoms with E-state index in [0.29, 0.717) is 31.6 Å². The lowest BCUT2D eigenvalue weighted by molar-refractivity contribution is -0.143. The summed E-state index contributed by atoms with van der Waals surface area (Å²) in [6.07, 6.45) is 2.18. The zero-order valence-corrected chi connectivity index (χ0v) is 11.4. The molecule has 1 unspecified atom stereocenters. The van der Waals surface area contributed by atoms with Gasteiger partial charge in [-0.2, -0.15) is 0 Å². The first kappa shape index (κ1) is 14.5. The summed E-state index contributed by atoms with van der Waals surface area (Å²) in [6, 6.07) is 7.38.